The third-order valence-corrected chi connectivity index (χ3v) is 3.85. The molecule has 0 spiro atoms. The molecule has 2 N–H and O–H groups in total. The maximum Gasteiger partial charge on any atom is 0.229 e. The van der Waals surface area contributed by atoms with Gasteiger partial charge in [0.15, 0.2) is 0 Å². The molecule has 0 aromatic heterocycles. The van der Waals surface area contributed by atoms with Crippen LogP contribution in [-0.2, 0) is 21.2 Å². The normalized spacial score (nSPS) is 10.9. The molecule has 0 unspecified atom stereocenters. The van der Waals surface area contributed by atoms with Crippen molar-refractivity contribution in [1.82, 2.24) is 0 Å². The Morgan fingerprint density at radius 3 is 2.46 bits per heavy atom. The average molecular weight is 348 g/mol. The van der Waals surface area contributed by atoms with Crippen molar-refractivity contribution in [3.63, 3.8) is 0 Å². The van der Waals surface area contributed by atoms with Crippen molar-refractivity contribution in [3.05, 3.63) is 54.1 Å². The van der Waals surface area contributed by atoms with Crippen LogP contribution in [0.5, 0.6) is 5.75 Å². The molecule has 2 rings (SSSR count). The molecule has 0 aliphatic carbocycles. The van der Waals surface area contributed by atoms with E-state index < -0.39 is 10.0 Å². The van der Waals surface area contributed by atoms with E-state index >= 15 is 0 Å². The second-order valence-electron chi connectivity index (χ2n) is 5.32. The molecule has 0 saturated heterocycles. The Balaban J connectivity index is 2.03. The van der Waals surface area contributed by atoms with Crippen LogP contribution in [-0.4, -0.2) is 27.7 Å². The van der Waals surface area contributed by atoms with Gasteiger partial charge in [0.1, 0.15) is 5.75 Å². The highest BCUT2D eigenvalue weighted by Gasteiger charge is 2.11. The van der Waals surface area contributed by atoms with E-state index in [-0.39, 0.29) is 11.6 Å². The minimum absolute atomic E-state index is 0.144. The van der Waals surface area contributed by atoms with Crippen molar-refractivity contribution in [2.24, 2.45) is 0 Å². The minimum atomic E-state index is -3.44. The first kappa shape index (κ1) is 17.8. The van der Waals surface area contributed by atoms with Crippen molar-refractivity contribution in [2.45, 2.75) is 12.8 Å². The molecule has 7 heteroatoms. The van der Waals surface area contributed by atoms with Crippen molar-refractivity contribution >= 4 is 27.3 Å². The maximum atomic E-state index is 12.1. The first-order valence-corrected chi connectivity index (χ1v) is 9.26. The molecule has 0 aliphatic heterocycles. The summed E-state index contributed by atoms with van der Waals surface area (Å²) in [4.78, 5) is 12.1. The van der Waals surface area contributed by atoms with Gasteiger partial charge in [0.25, 0.3) is 0 Å². The molecule has 2 aromatic rings. The summed E-state index contributed by atoms with van der Waals surface area (Å²) < 4.78 is 30.3. The molecule has 128 valence electrons. The topological polar surface area (TPSA) is 84.5 Å². The quantitative estimate of drug-likeness (QED) is 0.805. The molecule has 1 amide bonds. The van der Waals surface area contributed by atoms with Crippen molar-refractivity contribution in [2.75, 3.05) is 23.4 Å². The van der Waals surface area contributed by atoms with Gasteiger partial charge in [-0.25, -0.2) is 8.42 Å². The monoisotopic (exact) mass is 348 g/mol. The fraction of sp³-hybridized carbons (Fsp3) is 0.235. The lowest BCUT2D eigenvalue weighted by Crippen LogP contribution is -2.14. The number of ether oxygens (including phenoxy) is 1. The zero-order valence-corrected chi connectivity index (χ0v) is 14.4. The first-order chi connectivity index (χ1) is 11.4. The van der Waals surface area contributed by atoms with Gasteiger partial charge in [-0.1, -0.05) is 30.3 Å². The number of anilines is 2. The van der Waals surface area contributed by atoms with E-state index in [0.717, 1.165) is 11.8 Å². The van der Waals surface area contributed by atoms with Gasteiger partial charge in [-0.05, 0) is 30.2 Å². The number of carbonyl (C=O) groups excluding carboxylic acids is 1. The van der Waals surface area contributed by atoms with Gasteiger partial charge in [-0.15, -0.1) is 0 Å². The van der Waals surface area contributed by atoms with Crippen LogP contribution in [0.15, 0.2) is 48.5 Å². The number of rotatable bonds is 7. The van der Waals surface area contributed by atoms with Crippen LogP contribution in [0.1, 0.15) is 12.0 Å². The van der Waals surface area contributed by atoms with Crippen LogP contribution in [0, 0.1) is 0 Å². The molecule has 0 heterocycles. The van der Waals surface area contributed by atoms with Gasteiger partial charge >= 0.3 is 0 Å². The number of hydrogen-bond acceptors (Lipinski definition) is 4. The molecular formula is C17H20N2O4S. The highest BCUT2D eigenvalue weighted by molar-refractivity contribution is 7.92. The SMILES string of the molecule is COc1ccc(NC(=O)CCc2ccccc2)cc1NS(C)(=O)=O. The van der Waals surface area contributed by atoms with Crippen LogP contribution < -0.4 is 14.8 Å². The number of benzene rings is 2. The molecule has 6 nitrogen and oxygen atoms in total. The number of amides is 1. The third kappa shape index (κ3) is 5.58. The highest BCUT2D eigenvalue weighted by atomic mass is 32.2. The van der Waals surface area contributed by atoms with Crippen molar-refractivity contribution in [1.29, 1.82) is 0 Å². The summed E-state index contributed by atoms with van der Waals surface area (Å²) in [6, 6.07) is 14.5. The predicted molar refractivity (Wildman–Crippen MR) is 94.9 cm³/mol. The third-order valence-electron chi connectivity index (χ3n) is 3.26. The molecule has 0 bridgehead atoms. The van der Waals surface area contributed by atoms with Gasteiger partial charge < -0.3 is 10.1 Å². The van der Waals surface area contributed by atoms with E-state index in [1.54, 1.807) is 12.1 Å². The number of nitrogens with one attached hydrogen (secondary N) is 2. The van der Waals surface area contributed by atoms with E-state index in [2.05, 4.69) is 10.0 Å². The van der Waals surface area contributed by atoms with Gasteiger partial charge in [-0.3, -0.25) is 9.52 Å². The first-order valence-electron chi connectivity index (χ1n) is 7.37. The number of methoxy groups -OCH3 is 1. The fourth-order valence-corrected chi connectivity index (χ4v) is 2.75. The van der Waals surface area contributed by atoms with E-state index in [9.17, 15) is 13.2 Å². The van der Waals surface area contributed by atoms with Crippen LogP contribution in [0.25, 0.3) is 0 Å². The number of hydrogen-bond donors (Lipinski definition) is 2. The second kappa shape index (κ2) is 7.83. The van der Waals surface area contributed by atoms with E-state index in [1.165, 1.54) is 13.2 Å². The standard InChI is InChI=1S/C17H20N2O4S/c1-23-16-10-9-14(12-15(16)19-24(2,21)22)18-17(20)11-8-13-6-4-3-5-7-13/h3-7,9-10,12,19H,8,11H2,1-2H3,(H,18,20). The van der Waals surface area contributed by atoms with E-state index in [0.29, 0.717) is 24.3 Å². The number of aryl methyl sites for hydroxylation is 1. The van der Waals surface area contributed by atoms with Crippen LogP contribution >= 0.6 is 0 Å². The largest absolute Gasteiger partial charge is 0.495 e. The Bertz CT molecular complexity index is 805. The lowest BCUT2D eigenvalue weighted by atomic mass is 10.1. The second-order valence-corrected chi connectivity index (χ2v) is 7.07. The Morgan fingerprint density at radius 2 is 1.83 bits per heavy atom. The van der Waals surface area contributed by atoms with Crippen LogP contribution in [0.3, 0.4) is 0 Å². The molecule has 0 fully saturated rings. The molecule has 0 aliphatic rings. The van der Waals surface area contributed by atoms with Crippen molar-refractivity contribution in [3.8, 4) is 5.75 Å². The molecule has 24 heavy (non-hydrogen) atoms. The van der Waals surface area contributed by atoms with Crippen LogP contribution in [0.4, 0.5) is 11.4 Å². The lowest BCUT2D eigenvalue weighted by molar-refractivity contribution is -0.116. The van der Waals surface area contributed by atoms with Crippen LogP contribution in [0.2, 0.25) is 0 Å². The highest BCUT2D eigenvalue weighted by Crippen LogP contribution is 2.28. The summed E-state index contributed by atoms with van der Waals surface area (Å²) in [6.07, 6.45) is 2.03. The summed E-state index contributed by atoms with van der Waals surface area (Å²) in [6.45, 7) is 0. The predicted octanol–water partition coefficient (Wildman–Crippen LogP) is 2.64. The Hall–Kier alpha value is -2.54. The average Bonchev–Trinajstić information content (AvgIpc) is 2.53. The Labute approximate surface area is 141 Å². The zero-order chi connectivity index (χ0) is 17.6. The molecule has 2 aromatic carbocycles. The number of sulfonamides is 1. The molecule has 0 atom stereocenters. The van der Waals surface area contributed by atoms with Gasteiger partial charge in [0, 0.05) is 12.1 Å². The Kier molecular flexibility index (Phi) is 5.81. The summed E-state index contributed by atoms with van der Waals surface area (Å²) in [7, 11) is -2.00. The minimum Gasteiger partial charge on any atom is -0.495 e. The summed E-state index contributed by atoms with van der Waals surface area (Å²) >= 11 is 0. The summed E-state index contributed by atoms with van der Waals surface area (Å²) in [5, 5.41) is 2.76. The number of carbonyl (C=O) groups is 1. The van der Waals surface area contributed by atoms with Gasteiger partial charge in [0.2, 0.25) is 15.9 Å². The van der Waals surface area contributed by atoms with Gasteiger partial charge in [-0.2, -0.15) is 0 Å². The van der Waals surface area contributed by atoms with E-state index in [1.807, 2.05) is 30.3 Å². The Morgan fingerprint density at radius 1 is 1.12 bits per heavy atom. The molecule has 0 radical (unpaired) electrons. The van der Waals surface area contributed by atoms with E-state index in [4.69, 9.17) is 4.74 Å². The smallest absolute Gasteiger partial charge is 0.229 e. The fourth-order valence-electron chi connectivity index (χ4n) is 2.19. The summed E-state index contributed by atoms with van der Waals surface area (Å²) in [5.74, 6) is 0.233. The zero-order valence-electron chi connectivity index (χ0n) is 13.6. The lowest BCUT2D eigenvalue weighted by Gasteiger charge is -2.12. The van der Waals surface area contributed by atoms with Gasteiger partial charge in [0.05, 0.1) is 19.1 Å². The molecule has 0 saturated carbocycles. The summed E-state index contributed by atoms with van der Waals surface area (Å²) in [5.41, 5.74) is 1.86. The molecular weight excluding hydrogens is 328 g/mol. The van der Waals surface area contributed by atoms with Crippen molar-refractivity contribution < 1.29 is 17.9 Å². The maximum absolute atomic E-state index is 12.1.